The average Bonchev–Trinajstić information content (AvgIpc) is 3.35. The van der Waals surface area contributed by atoms with E-state index in [1.807, 2.05) is 9.80 Å². The summed E-state index contributed by atoms with van der Waals surface area (Å²) in [6.45, 7) is 6.29. The zero-order valence-electron chi connectivity index (χ0n) is 15.6. The van der Waals surface area contributed by atoms with Crippen molar-refractivity contribution in [2.75, 3.05) is 19.6 Å². The maximum atomic E-state index is 13.0. The van der Waals surface area contributed by atoms with Crippen molar-refractivity contribution in [2.45, 2.75) is 45.6 Å². The standard InChI is InChI=1S/C17H24N8O2/c1-12(2)24-10-17(4-3-14(24)26)5-7-23(8-6-17)16(27)13-9-18-20-15(13)25-11-19-21-22-25/h9,11-12H,3-8,10H2,1-2H3,(H,18,20). The summed E-state index contributed by atoms with van der Waals surface area (Å²) < 4.78 is 1.40. The van der Waals surface area contributed by atoms with E-state index >= 15 is 0 Å². The van der Waals surface area contributed by atoms with Gasteiger partial charge in [-0.25, -0.2) is 0 Å². The predicted octanol–water partition coefficient (Wildman–Crippen LogP) is 0.639. The van der Waals surface area contributed by atoms with Crippen molar-refractivity contribution in [3.8, 4) is 5.82 Å². The van der Waals surface area contributed by atoms with Crippen LogP contribution in [0.15, 0.2) is 12.5 Å². The van der Waals surface area contributed by atoms with Gasteiger partial charge in [0.15, 0.2) is 5.82 Å². The molecule has 2 amide bonds. The van der Waals surface area contributed by atoms with Crippen LogP contribution in [-0.4, -0.2) is 77.7 Å². The fourth-order valence-corrected chi connectivity index (χ4v) is 4.15. The predicted molar refractivity (Wildman–Crippen MR) is 95.0 cm³/mol. The second kappa shape index (κ2) is 6.75. The van der Waals surface area contributed by atoms with E-state index in [0.717, 1.165) is 25.8 Å². The van der Waals surface area contributed by atoms with Gasteiger partial charge in [0, 0.05) is 32.1 Å². The van der Waals surface area contributed by atoms with E-state index in [9.17, 15) is 9.59 Å². The van der Waals surface area contributed by atoms with Gasteiger partial charge in [-0.15, -0.1) is 5.10 Å². The Morgan fingerprint density at radius 1 is 1.26 bits per heavy atom. The van der Waals surface area contributed by atoms with Crippen LogP contribution in [0.3, 0.4) is 0 Å². The SMILES string of the molecule is CC(C)N1CC2(CCC1=O)CCN(C(=O)c1cn[nH]c1-n1cnnn1)CC2. The summed E-state index contributed by atoms with van der Waals surface area (Å²) in [5.41, 5.74) is 0.588. The van der Waals surface area contributed by atoms with Crippen LogP contribution in [0.25, 0.3) is 5.82 Å². The number of amides is 2. The molecule has 2 fully saturated rings. The van der Waals surface area contributed by atoms with Crippen LogP contribution in [0.2, 0.25) is 0 Å². The van der Waals surface area contributed by atoms with Crippen molar-refractivity contribution in [3.05, 3.63) is 18.1 Å². The lowest BCUT2D eigenvalue weighted by Crippen LogP contribution is -2.54. The van der Waals surface area contributed by atoms with Crippen molar-refractivity contribution in [1.29, 1.82) is 0 Å². The number of H-pyrrole nitrogens is 1. The molecule has 0 aliphatic carbocycles. The molecule has 0 saturated carbocycles. The topological polar surface area (TPSA) is 113 Å². The number of carbonyl (C=O) groups is 2. The van der Waals surface area contributed by atoms with Gasteiger partial charge in [0.05, 0.1) is 6.20 Å². The van der Waals surface area contributed by atoms with Crippen molar-refractivity contribution < 1.29 is 9.59 Å². The molecule has 27 heavy (non-hydrogen) atoms. The summed E-state index contributed by atoms with van der Waals surface area (Å²) in [6.07, 6.45) is 6.29. The van der Waals surface area contributed by atoms with Crippen LogP contribution >= 0.6 is 0 Å². The number of carbonyl (C=O) groups excluding carboxylic acids is 2. The molecule has 2 aromatic heterocycles. The molecule has 4 rings (SSSR count). The quantitative estimate of drug-likeness (QED) is 0.846. The molecule has 10 heteroatoms. The smallest absolute Gasteiger partial charge is 0.259 e. The van der Waals surface area contributed by atoms with Crippen LogP contribution < -0.4 is 0 Å². The molecule has 0 unspecified atom stereocenters. The molecule has 2 aliphatic rings. The largest absolute Gasteiger partial charge is 0.340 e. The van der Waals surface area contributed by atoms with Gasteiger partial charge in [0.1, 0.15) is 11.9 Å². The Bertz CT molecular complexity index is 820. The fourth-order valence-electron chi connectivity index (χ4n) is 4.15. The Morgan fingerprint density at radius 3 is 2.70 bits per heavy atom. The fraction of sp³-hybridized carbons (Fsp3) is 0.647. The number of aromatic amines is 1. The molecule has 0 atom stereocenters. The first-order valence-corrected chi connectivity index (χ1v) is 9.35. The molecule has 0 radical (unpaired) electrons. The van der Waals surface area contributed by atoms with Crippen molar-refractivity contribution in [1.82, 2.24) is 40.2 Å². The van der Waals surface area contributed by atoms with E-state index in [1.165, 1.54) is 17.2 Å². The summed E-state index contributed by atoms with van der Waals surface area (Å²) >= 11 is 0. The maximum Gasteiger partial charge on any atom is 0.259 e. The molecule has 2 saturated heterocycles. The number of likely N-dealkylation sites (tertiary alicyclic amines) is 2. The summed E-state index contributed by atoms with van der Waals surface area (Å²) in [5.74, 6) is 0.648. The van der Waals surface area contributed by atoms with Gasteiger partial charge < -0.3 is 9.80 Å². The highest BCUT2D eigenvalue weighted by Crippen LogP contribution is 2.41. The second-order valence-electron chi connectivity index (χ2n) is 7.79. The summed E-state index contributed by atoms with van der Waals surface area (Å²) in [5, 5.41) is 17.8. The van der Waals surface area contributed by atoms with E-state index in [1.54, 1.807) is 0 Å². The van der Waals surface area contributed by atoms with Crippen molar-refractivity contribution >= 4 is 11.8 Å². The van der Waals surface area contributed by atoms with Crippen LogP contribution in [0.1, 0.15) is 49.9 Å². The Hall–Kier alpha value is -2.78. The first kappa shape index (κ1) is 17.6. The molecular weight excluding hydrogens is 348 g/mol. The third kappa shape index (κ3) is 3.19. The van der Waals surface area contributed by atoms with E-state index in [0.29, 0.717) is 30.9 Å². The second-order valence-corrected chi connectivity index (χ2v) is 7.79. The highest BCUT2D eigenvalue weighted by Gasteiger charge is 2.42. The van der Waals surface area contributed by atoms with E-state index in [2.05, 4.69) is 39.6 Å². The summed E-state index contributed by atoms with van der Waals surface area (Å²) in [6, 6.07) is 0.221. The van der Waals surface area contributed by atoms with Crippen LogP contribution in [0, 0.1) is 5.41 Å². The highest BCUT2D eigenvalue weighted by atomic mass is 16.2. The first-order chi connectivity index (χ1) is 13.0. The number of aromatic nitrogens is 6. The molecular formula is C17H24N8O2. The van der Waals surface area contributed by atoms with Gasteiger partial charge in [0.25, 0.3) is 5.91 Å². The Labute approximate surface area is 156 Å². The van der Waals surface area contributed by atoms with E-state index < -0.39 is 0 Å². The zero-order valence-corrected chi connectivity index (χ0v) is 15.6. The summed E-state index contributed by atoms with van der Waals surface area (Å²) in [4.78, 5) is 29.0. The van der Waals surface area contributed by atoms with Gasteiger partial charge in [-0.05, 0) is 49.0 Å². The number of hydrogen-bond acceptors (Lipinski definition) is 6. The van der Waals surface area contributed by atoms with E-state index in [-0.39, 0.29) is 23.3 Å². The number of piperidine rings is 2. The molecule has 0 bridgehead atoms. The lowest BCUT2D eigenvalue weighted by molar-refractivity contribution is -0.141. The molecule has 2 aromatic rings. The Morgan fingerprint density at radius 2 is 2.04 bits per heavy atom. The number of rotatable bonds is 3. The lowest BCUT2D eigenvalue weighted by atomic mass is 9.72. The van der Waals surface area contributed by atoms with Gasteiger partial charge in [-0.3, -0.25) is 14.7 Å². The maximum absolute atomic E-state index is 13.0. The third-order valence-electron chi connectivity index (χ3n) is 5.86. The van der Waals surface area contributed by atoms with Crippen molar-refractivity contribution in [2.24, 2.45) is 5.41 Å². The minimum Gasteiger partial charge on any atom is -0.340 e. The molecule has 144 valence electrons. The highest BCUT2D eigenvalue weighted by molar-refractivity contribution is 5.97. The van der Waals surface area contributed by atoms with Crippen LogP contribution in [0.4, 0.5) is 0 Å². The van der Waals surface area contributed by atoms with Gasteiger partial charge >= 0.3 is 0 Å². The van der Waals surface area contributed by atoms with Gasteiger partial charge in [-0.1, -0.05) is 0 Å². The number of nitrogens with zero attached hydrogens (tertiary/aromatic N) is 7. The third-order valence-corrected chi connectivity index (χ3v) is 5.86. The minimum atomic E-state index is -0.0725. The molecule has 4 heterocycles. The van der Waals surface area contributed by atoms with Gasteiger partial charge in [0.2, 0.25) is 5.91 Å². The van der Waals surface area contributed by atoms with Gasteiger partial charge in [-0.2, -0.15) is 9.78 Å². The first-order valence-electron chi connectivity index (χ1n) is 9.35. The van der Waals surface area contributed by atoms with Crippen molar-refractivity contribution in [3.63, 3.8) is 0 Å². The number of nitrogens with one attached hydrogen (secondary N) is 1. The normalized spacial score (nSPS) is 19.9. The Balaban J connectivity index is 1.45. The lowest BCUT2D eigenvalue weighted by Gasteiger charge is -2.48. The molecule has 1 spiro atoms. The zero-order chi connectivity index (χ0) is 19.0. The molecule has 2 aliphatic heterocycles. The van der Waals surface area contributed by atoms with Crippen LogP contribution in [0.5, 0.6) is 0 Å². The molecule has 1 N–H and O–H groups in total. The molecule has 10 nitrogen and oxygen atoms in total. The van der Waals surface area contributed by atoms with Crippen LogP contribution in [-0.2, 0) is 4.79 Å². The minimum absolute atomic E-state index is 0.0725. The molecule has 0 aromatic carbocycles. The van der Waals surface area contributed by atoms with E-state index in [4.69, 9.17) is 0 Å². The number of hydrogen-bond donors (Lipinski definition) is 1. The monoisotopic (exact) mass is 372 g/mol. The Kier molecular flexibility index (Phi) is 4.40. The number of tetrazole rings is 1. The average molecular weight is 372 g/mol. The summed E-state index contributed by atoms with van der Waals surface area (Å²) in [7, 11) is 0.